The molecule has 0 saturated heterocycles. The molecule has 104 valence electrons. The Balaban J connectivity index is 2.16. The molecule has 1 heterocycles. The molecule has 1 heteroatoms. The predicted molar refractivity (Wildman–Crippen MR) is 92.0 cm³/mol. The molecule has 0 amide bonds. The SMILES string of the molecule is CC(C)c1ccc2c3cc4ccccc4cc3n(C)c2c1. The molecule has 0 bridgehead atoms. The first-order valence-corrected chi connectivity index (χ1v) is 7.56. The third-order valence-corrected chi connectivity index (χ3v) is 4.57. The van der Waals surface area contributed by atoms with Crippen LogP contribution in [0.5, 0.6) is 0 Å². The molecule has 0 spiro atoms. The highest BCUT2D eigenvalue weighted by molar-refractivity contribution is 6.12. The van der Waals surface area contributed by atoms with E-state index in [1.54, 1.807) is 0 Å². The van der Waals surface area contributed by atoms with E-state index in [0.29, 0.717) is 5.92 Å². The van der Waals surface area contributed by atoms with Crippen LogP contribution in [-0.4, -0.2) is 4.57 Å². The summed E-state index contributed by atoms with van der Waals surface area (Å²) >= 11 is 0. The number of nitrogens with zero attached hydrogens (tertiary/aromatic N) is 1. The Hall–Kier alpha value is -2.28. The van der Waals surface area contributed by atoms with Gasteiger partial charge in [-0.2, -0.15) is 0 Å². The molecule has 0 radical (unpaired) electrons. The molecular formula is C20H19N. The largest absolute Gasteiger partial charge is 0.344 e. The van der Waals surface area contributed by atoms with Crippen LogP contribution in [0.3, 0.4) is 0 Å². The first-order chi connectivity index (χ1) is 10.1. The van der Waals surface area contributed by atoms with E-state index < -0.39 is 0 Å². The van der Waals surface area contributed by atoms with Gasteiger partial charge in [-0.05, 0) is 40.5 Å². The summed E-state index contributed by atoms with van der Waals surface area (Å²) in [6.45, 7) is 4.50. The van der Waals surface area contributed by atoms with Gasteiger partial charge in [0.2, 0.25) is 0 Å². The fourth-order valence-electron chi connectivity index (χ4n) is 3.26. The second-order valence-corrected chi connectivity index (χ2v) is 6.21. The Kier molecular flexibility index (Phi) is 2.58. The third kappa shape index (κ3) is 1.77. The first kappa shape index (κ1) is 12.5. The van der Waals surface area contributed by atoms with E-state index in [0.717, 1.165) is 0 Å². The van der Waals surface area contributed by atoms with Crippen molar-refractivity contribution in [1.29, 1.82) is 0 Å². The van der Waals surface area contributed by atoms with Crippen LogP contribution < -0.4 is 0 Å². The number of hydrogen-bond acceptors (Lipinski definition) is 0. The van der Waals surface area contributed by atoms with Gasteiger partial charge in [-0.25, -0.2) is 0 Å². The second kappa shape index (κ2) is 4.36. The summed E-state index contributed by atoms with van der Waals surface area (Å²) < 4.78 is 2.32. The lowest BCUT2D eigenvalue weighted by Crippen LogP contribution is -1.90. The maximum atomic E-state index is 2.34. The maximum absolute atomic E-state index is 2.34. The van der Waals surface area contributed by atoms with Gasteiger partial charge in [0, 0.05) is 28.9 Å². The van der Waals surface area contributed by atoms with Crippen LogP contribution in [0.15, 0.2) is 54.6 Å². The zero-order chi connectivity index (χ0) is 14.6. The highest BCUT2D eigenvalue weighted by atomic mass is 14.9. The molecule has 0 aliphatic carbocycles. The Labute approximate surface area is 124 Å². The van der Waals surface area contributed by atoms with Crippen molar-refractivity contribution in [3.8, 4) is 0 Å². The maximum Gasteiger partial charge on any atom is 0.0495 e. The molecule has 4 rings (SSSR count). The van der Waals surface area contributed by atoms with Crippen molar-refractivity contribution in [2.45, 2.75) is 19.8 Å². The quantitative estimate of drug-likeness (QED) is 0.425. The molecule has 0 saturated carbocycles. The summed E-state index contributed by atoms with van der Waals surface area (Å²) in [4.78, 5) is 0. The molecule has 0 aliphatic heterocycles. The number of rotatable bonds is 1. The highest BCUT2D eigenvalue weighted by Gasteiger charge is 2.10. The Morgan fingerprint density at radius 1 is 0.762 bits per heavy atom. The van der Waals surface area contributed by atoms with Crippen molar-refractivity contribution in [3.05, 3.63) is 60.2 Å². The molecule has 1 nitrogen and oxygen atoms in total. The fraction of sp³-hybridized carbons (Fsp3) is 0.200. The van der Waals surface area contributed by atoms with E-state index in [1.807, 2.05) is 0 Å². The van der Waals surface area contributed by atoms with E-state index >= 15 is 0 Å². The number of hydrogen-bond donors (Lipinski definition) is 0. The zero-order valence-corrected chi connectivity index (χ0v) is 12.7. The van der Waals surface area contributed by atoms with Crippen LogP contribution in [0.1, 0.15) is 25.3 Å². The standard InChI is InChI=1S/C20H19N/c1-13(2)14-8-9-17-18-10-15-6-4-5-7-16(15)12-20(18)21(3)19(17)11-14/h4-13H,1-3H3. The molecule has 21 heavy (non-hydrogen) atoms. The summed E-state index contributed by atoms with van der Waals surface area (Å²) in [5.74, 6) is 0.562. The Morgan fingerprint density at radius 2 is 1.43 bits per heavy atom. The topological polar surface area (TPSA) is 4.93 Å². The Morgan fingerprint density at radius 3 is 2.14 bits per heavy atom. The first-order valence-electron chi connectivity index (χ1n) is 7.56. The minimum Gasteiger partial charge on any atom is -0.344 e. The molecule has 0 unspecified atom stereocenters. The monoisotopic (exact) mass is 273 g/mol. The summed E-state index contributed by atoms with van der Waals surface area (Å²) in [5.41, 5.74) is 4.04. The van der Waals surface area contributed by atoms with Gasteiger partial charge in [0.25, 0.3) is 0 Å². The number of aryl methyl sites for hydroxylation is 1. The summed E-state index contributed by atoms with van der Waals surface area (Å²) in [7, 11) is 2.17. The van der Waals surface area contributed by atoms with Crippen LogP contribution in [0.4, 0.5) is 0 Å². The average molecular weight is 273 g/mol. The van der Waals surface area contributed by atoms with E-state index in [4.69, 9.17) is 0 Å². The van der Waals surface area contributed by atoms with E-state index in [2.05, 4.69) is 80.1 Å². The van der Waals surface area contributed by atoms with Gasteiger partial charge >= 0.3 is 0 Å². The average Bonchev–Trinajstić information content (AvgIpc) is 2.77. The Bertz CT molecular complexity index is 973. The predicted octanol–water partition coefficient (Wildman–Crippen LogP) is 5.61. The van der Waals surface area contributed by atoms with E-state index in [9.17, 15) is 0 Å². The fourth-order valence-corrected chi connectivity index (χ4v) is 3.26. The minimum atomic E-state index is 0.562. The number of benzene rings is 3. The number of aromatic nitrogens is 1. The number of fused-ring (bicyclic) bond motifs is 4. The molecule has 0 atom stereocenters. The molecule has 0 fully saturated rings. The lowest BCUT2D eigenvalue weighted by atomic mass is 10.0. The molecule has 1 aromatic heterocycles. The molecule has 4 aromatic rings. The summed E-state index contributed by atoms with van der Waals surface area (Å²) in [6.07, 6.45) is 0. The highest BCUT2D eigenvalue weighted by Crippen LogP contribution is 2.33. The lowest BCUT2D eigenvalue weighted by Gasteiger charge is -2.06. The molecular weight excluding hydrogens is 254 g/mol. The van der Waals surface area contributed by atoms with Crippen LogP contribution in [0.2, 0.25) is 0 Å². The van der Waals surface area contributed by atoms with Crippen molar-refractivity contribution in [1.82, 2.24) is 4.57 Å². The minimum absolute atomic E-state index is 0.562. The summed E-state index contributed by atoms with van der Waals surface area (Å²) in [6, 6.07) is 20.1. The second-order valence-electron chi connectivity index (χ2n) is 6.21. The van der Waals surface area contributed by atoms with E-state index in [1.165, 1.54) is 38.1 Å². The smallest absolute Gasteiger partial charge is 0.0495 e. The van der Waals surface area contributed by atoms with Crippen LogP contribution in [0.25, 0.3) is 32.6 Å². The summed E-state index contributed by atoms with van der Waals surface area (Å²) in [5, 5.41) is 5.31. The van der Waals surface area contributed by atoms with Crippen molar-refractivity contribution < 1.29 is 0 Å². The van der Waals surface area contributed by atoms with Crippen LogP contribution >= 0.6 is 0 Å². The van der Waals surface area contributed by atoms with Crippen LogP contribution in [-0.2, 0) is 7.05 Å². The van der Waals surface area contributed by atoms with Crippen molar-refractivity contribution in [3.63, 3.8) is 0 Å². The van der Waals surface area contributed by atoms with Gasteiger partial charge in [-0.15, -0.1) is 0 Å². The van der Waals surface area contributed by atoms with Crippen molar-refractivity contribution in [2.24, 2.45) is 7.05 Å². The van der Waals surface area contributed by atoms with Crippen molar-refractivity contribution >= 4 is 32.6 Å². The van der Waals surface area contributed by atoms with Crippen molar-refractivity contribution in [2.75, 3.05) is 0 Å². The van der Waals surface area contributed by atoms with Gasteiger partial charge in [0.05, 0.1) is 0 Å². The van der Waals surface area contributed by atoms with Gasteiger partial charge in [-0.3, -0.25) is 0 Å². The molecule has 3 aromatic carbocycles. The lowest BCUT2D eigenvalue weighted by molar-refractivity contribution is 0.866. The zero-order valence-electron chi connectivity index (χ0n) is 12.7. The normalized spacial score (nSPS) is 12.0. The van der Waals surface area contributed by atoms with Gasteiger partial charge in [0.15, 0.2) is 0 Å². The molecule has 0 aliphatic rings. The van der Waals surface area contributed by atoms with Gasteiger partial charge in [-0.1, -0.05) is 50.2 Å². The van der Waals surface area contributed by atoms with Gasteiger partial charge in [0.1, 0.15) is 0 Å². The third-order valence-electron chi connectivity index (χ3n) is 4.57. The van der Waals surface area contributed by atoms with Crippen LogP contribution in [0, 0.1) is 0 Å². The van der Waals surface area contributed by atoms with E-state index in [-0.39, 0.29) is 0 Å². The molecule has 0 N–H and O–H groups in total. The van der Waals surface area contributed by atoms with Gasteiger partial charge < -0.3 is 4.57 Å².